The van der Waals surface area contributed by atoms with Crippen LogP contribution in [0.1, 0.15) is 63.8 Å². The van der Waals surface area contributed by atoms with E-state index < -0.39 is 0 Å². The quantitative estimate of drug-likeness (QED) is 0.527. The molecular weight excluding hydrogens is 350 g/mol. The molecule has 0 aliphatic carbocycles. The van der Waals surface area contributed by atoms with Gasteiger partial charge in [0.05, 0.1) is 6.04 Å². The zero-order valence-corrected chi connectivity index (χ0v) is 18.4. The number of hydrogen-bond acceptors (Lipinski definition) is 2. The summed E-state index contributed by atoms with van der Waals surface area (Å²) in [6.07, 6.45) is 3.50. The Balaban J connectivity index is 2.13. The second-order valence-corrected chi connectivity index (χ2v) is 8.97. The number of amides is 1. The van der Waals surface area contributed by atoms with Crippen molar-refractivity contribution in [2.24, 2.45) is 0 Å². The smallest absolute Gasteiger partial charge is 0.222 e. The normalized spacial score (nSPS) is 12.7. The molecule has 0 N–H and O–H groups in total. The maximum Gasteiger partial charge on any atom is 0.222 e. The van der Waals surface area contributed by atoms with Gasteiger partial charge in [-0.3, -0.25) is 4.79 Å². The standard InChI is InChI=1S/C24H33NOS/c1-7-23(26)25(17-16-19-8-14-22(27-6)15-9-19)18(2)20-10-12-21(13-11-20)24(3,4)5/h8-15,18H,7,16-17H2,1-6H3. The number of carbonyl (C=O) groups is 1. The van der Waals surface area contributed by atoms with Gasteiger partial charge in [0.25, 0.3) is 0 Å². The van der Waals surface area contributed by atoms with Crippen LogP contribution in [0.25, 0.3) is 0 Å². The van der Waals surface area contributed by atoms with Crippen LogP contribution in [0.5, 0.6) is 0 Å². The van der Waals surface area contributed by atoms with Gasteiger partial charge in [0.2, 0.25) is 5.91 Å². The summed E-state index contributed by atoms with van der Waals surface area (Å²) in [5.41, 5.74) is 3.93. The number of hydrogen-bond donors (Lipinski definition) is 0. The van der Waals surface area contributed by atoms with Crippen molar-refractivity contribution < 1.29 is 4.79 Å². The maximum atomic E-state index is 12.6. The molecule has 0 aromatic heterocycles. The average molecular weight is 384 g/mol. The molecule has 2 aromatic carbocycles. The van der Waals surface area contributed by atoms with Crippen LogP contribution in [0.4, 0.5) is 0 Å². The van der Waals surface area contributed by atoms with Gasteiger partial charge >= 0.3 is 0 Å². The summed E-state index contributed by atoms with van der Waals surface area (Å²) in [6.45, 7) is 11.5. The summed E-state index contributed by atoms with van der Waals surface area (Å²) in [5, 5.41) is 0. The highest BCUT2D eigenvalue weighted by Gasteiger charge is 2.21. The molecule has 2 rings (SSSR count). The van der Waals surface area contributed by atoms with Gasteiger partial charge in [-0.05, 0) is 53.8 Å². The van der Waals surface area contributed by atoms with Crippen LogP contribution in [0, 0.1) is 0 Å². The van der Waals surface area contributed by atoms with Crippen LogP contribution in [0.15, 0.2) is 53.4 Å². The van der Waals surface area contributed by atoms with Crippen LogP contribution < -0.4 is 0 Å². The van der Waals surface area contributed by atoms with E-state index in [0.717, 1.165) is 13.0 Å². The van der Waals surface area contributed by atoms with Crippen molar-refractivity contribution in [2.45, 2.75) is 63.8 Å². The second-order valence-electron chi connectivity index (χ2n) is 8.09. The molecule has 0 saturated heterocycles. The molecule has 3 heteroatoms. The third-order valence-corrected chi connectivity index (χ3v) is 5.89. The SMILES string of the molecule is CCC(=O)N(CCc1ccc(SC)cc1)C(C)c1ccc(C(C)(C)C)cc1. The van der Waals surface area contributed by atoms with Crippen molar-refractivity contribution in [1.82, 2.24) is 4.90 Å². The van der Waals surface area contributed by atoms with E-state index in [0.29, 0.717) is 6.42 Å². The molecular formula is C24H33NOS. The second kappa shape index (κ2) is 9.45. The fraction of sp³-hybridized carbons (Fsp3) is 0.458. The molecule has 0 saturated carbocycles. The highest BCUT2D eigenvalue weighted by molar-refractivity contribution is 7.98. The number of carbonyl (C=O) groups excluding carboxylic acids is 1. The van der Waals surface area contributed by atoms with Crippen LogP contribution in [0.2, 0.25) is 0 Å². The highest BCUT2D eigenvalue weighted by Crippen LogP contribution is 2.27. The predicted molar refractivity (Wildman–Crippen MR) is 117 cm³/mol. The van der Waals surface area contributed by atoms with Crippen molar-refractivity contribution >= 4 is 17.7 Å². The van der Waals surface area contributed by atoms with E-state index in [9.17, 15) is 4.79 Å². The summed E-state index contributed by atoms with van der Waals surface area (Å²) < 4.78 is 0. The summed E-state index contributed by atoms with van der Waals surface area (Å²) in [5.74, 6) is 0.211. The summed E-state index contributed by atoms with van der Waals surface area (Å²) in [4.78, 5) is 15.9. The number of benzene rings is 2. The highest BCUT2D eigenvalue weighted by atomic mass is 32.2. The zero-order chi connectivity index (χ0) is 20.0. The van der Waals surface area contributed by atoms with Crippen molar-refractivity contribution in [3.05, 3.63) is 65.2 Å². The van der Waals surface area contributed by atoms with Gasteiger partial charge in [0.1, 0.15) is 0 Å². The summed E-state index contributed by atoms with van der Waals surface area (Å²) in [7, 11) is 0. The first-order valence-electron chi connectivity index (χ1n) is 9.79. The molecule has 0 radical (unpaired) electrons. The monoisotopic (exact) mass is 383 g/mol. The van der Waals surface area contributed by atoms with Gasteiger partial charge in [0.15, 0.2) is 0 Å². The van der Waals surface area contributed by atoms with E-state index in [1.807, 2.05) is 11.8 Å². The average Bonchev–Trinajstić information content (AvgIpc) is 2.67. The minimum Gasteiger partial charge on any atom is -0.336 e. The van der Waals surface area contributed by atoms with E-state index in [-0.39, 0.29) is 17.4 Å². The lowest BCUT2D eigenvalue weighted by atomic mass is 9.86. The minimum atomic E-state index is 0.0805. The fourth-order valence-electron chi connectivity index (χ4n) is 3.22. The largest absolute Gasteiger partial charge is 0.336 e. The van der Waals surface area contributed by atoms with Crippen molar-refractivity contribution in [3.63, 3.8) is 0 Å². The Morgan fingerprint density at radius 3 is 2.11 bits per heavy atom. The molecule has 146 valence electrons. The lowest BCUT2D eigenvalue weighted by molar-refractivity contribution is -0.133. The third kappa shape index (κ3) is 5.87. The molecule has 1 amide bonds. The van der Waals surface area contributed by atoms with Gasteiger partial charge in [-0.25, -0.2) is 0 Å². The van der Waals surface area contributed by atoms with E-state index in [2.05, 4.69) is 82.5 Å². The molecule has 0 aliphatic rings. The third-order valence-electron chi connectivity index (χ3n) is 5.15. The van der Waals surface area contributed by atoms with Crippen LogP contribution in [-0.2, 0) is 16.6 Å². The Hall–Kier alpha value is -1.74. The van der Waals surface area contributed by atoms with Crippen LogP contribution in [0.3, 0.4) is 0 Å². The van der Waals surface area contributed by atoms with E-state index in [1.54, 1.807) is 11.8 Å². The van der Waals surface area contributed by atoms with Gasteiger partial charge in [-0.1, -0.05) is 64.1 Å². The van der Waals surface area contributed by atoms with Gasteiger partial charge in [-0.15, -0.1) is 11.8 Å². The first-order valence-corrected chi connectivity index (χ1v) is 11.0. The molecule has 1 unspecified atom stereocenters. The Bertz CT molecular complexity index is 728. The van der Waals surface area contributed by atoms with Gasteiger partial charge in [-0.2, -0.15) is 0 Å². The van der Waals surface area contributed by atoms with Gasteiger partial charge < -0.3 is 4.90 Å². The predicted octanol–water partition coefficient (Wildman–Crippen LogP) is 6.25. The summed E-state index contributed by atoms with van der Waals surface area (Å²) >= 11 is 1.75. The topological polar surface area (TPSA) is 20.3 Å². The maximum absolute atomic E-state index is 12.6. The van der Waals surface area contributed by atoms with Gasteiger partial charge in [0, 0.05) is 17.9 Å². The molecule has 0 fully saturated rings. The Morgan fingerprint density at radius 1 is 1.04 bits per heavy atom. The first-order chi connectivity index (χ1) is 12.8. The first kappa shape index (κ1) is 21.6. The van der Waals surface area contributed by atoms with E-state index >= 15 is 0 Å². The van der Waals surface area contributed by atoms with Crippen molar-refractivity contribution in [1.29, 1.82) is 0 Å². The molecule has 2 aromatic rings. The lowest BCUT2D eigenvalue weighted by Crippen LogP contribution is -2.34. The fourth-order valence-corrected chi connectivity index (χ4v) is 3.63. The zero-order valence-electron chi connectivity index (χ0n) is 17.6. The van der Waals surface area contributed by atoms with E-state index in [4.69, 9.17) is 0 Å². The van der Waals surface area contributed by atoms with Crippen LogP contribution >= 0.6 is 11.8 Å². The molecule has 0 bridgehead atoms. The summed E-state index contributed by atoms with van der Waals surface area (Å²) in [6, 6.07) is 17.5. The Labute approximate surface area is 169 Å². The molecule has 0 heterocycles. The number of thioether (sulfide) groups is 1. The Kier molecular flexibility index (Phi) is 7.55. The molecule has 27 heavy (non-hydrogen) atoms. The van der Waals surface area contributed by atoms with Crippen LogP contribution in [-0.4, -0.2) is 23.6 Å². The number of rotatable bonds is 7. The van der Waals surface area contributed by atoms with Crippen molar-refractivity contribution in [2.75, 3.05) is 12.8 Å². The molecule has 0 spiro atoms. The minimum absolute atomic E-state index is 0.0805. The van der Waals surface area contributed by atoms with Crippen molar-refractivity contribution in [3.8, 4) is 0 Å². The molecule has 2 nitrogen and oxygen atoms in total. The number of nitrogens with zero attached hydrogens (tertiary/aromatic N) is 1. The molecule has 0 aliphatic heterocycles. The lowest BCUT2D eigenvalue weighted by Gasteiger charge is -2.30. The Morgan fingerprint density at radius 2 is 1.63 bits per heavy atom. The van der Waals surface area contributed by atoms with E-state index in [1.165, 1.54) is 21.6 Å². The molecule has 1 atom stereocenters.